The number of methoxy groups -OCH3 is 1. The molecule has 2 aromatic rings. The van der Waals surface area contributed by atoms with Crippen molar-refractivity contribution in [2.75, 3.05) is 7.11 Å². The molecule has 0 aliphatic heterocycles. The zero-order chi connectivity index (χ0) is 12.4. The third-order valence-corrected chi connectivity index (χ3v) is 3.32. The number of halogens is 1. The molecule has 0 radical (unpaired) electrons. The summed E-state index contributed by atoms with van der Waals surface area (Å²) < 4.78 is 5.03. The number of benzene rings is 1. The van der Waals surface area contributed by atoms with Crippen molar-refractivity contribution < 1.29 is 14.6 Å². The SMILES string of the molecule is COc1ccc(-c2ncsc2C(=O)O)c(Cl)c1. The fourth-order valence-corrected chi connectivity index (χ4v) is 2.30. The van der Waals surface area contributed by atoms with Crippen LogP contribution >= 0.6 is 22.9 Å². The van der Waals surface area contributed by atoms with Gasteiger partial charge in [-0.25, -0.2) is 9.78 Å². The van der Waals surface area contributed by atoms with E-state index < -0.39 is 5.97 Å². The van der Waals surface area contributed by atoms with Gasteiger partial charge in [0.15, 0.2) is 0 Å². The van der Waals surface area contributed by atoms with Gasteiger partial charge in [-0.2, -0.15) is 0 Å². The molecule has 0 atom stereocenters. The predicted molar refractivity (Wildman–Crippen MR) is 66.1 cm³/mol. The lowest BCUT2D eigenvalue weighted by molar-refractivity contribution is 0.0702. The molecule has 0 fully saturated rings. The highest BCUT2D eigenvalue weighted by Crippen LogP contribution is 2.33. The van der Waals surface area contributed by atoms with Crippen molar-refractivity contribution in [3.05, 3.63) is 33.6 Å². The first-order chi connectivity index (χ1) is 8.13. The molecule has 0 saturated carbocycles. The average Bonchev–Trinajstić information content (AvgIpc) is 2.77. The average molecular weight is 270 g/mol. The summed E-state index contributed by atoms with van der Waals surface area (Å²) in [6.45, 7) is 0. The molecule has 6 heteroatoms. The van der Waals surface area contributed by atoms with Crippen molar-refractivity contribution in [2.45, 2.75) is 0 Å². The second kappa shape index (κ2) is 4.73. The van der Waals surface area contributed by atoms with Crippen LogP contribution in [-0.4, -0.2) is 23.2 Å². The summed E-state index contributed by atoms with van der Waals surface area (Å²) in [6, 6.07) is 5.04. The van der Waals surface area contributed by atoms with E-state index in [1.165, 1.54) is 12.6 Å². The fraction of sp³-hybridized carbons (Fsp3) is 0.0909. The van der Waals surface area contributed by atoms with Gasteiger partial charge in [-0.3, -0.25) is 0 Å². The van der Waals surface area contributed by atoms with Gasteiger partial charge in [0.05, 0.1) is 23.3 Å². The molecule has 1 aromatic carbocycles. The van der Waals surface area contributed by atoms with Crippen molar-refractivity contribution in [1.82, 2.24) is 4.98 Å². The Bertz CT molecular complexity index is 568. The minimum Gasteiger partial charge on any atom is -0.497 e. The lowest BCUT2D eigenvalue weighted by Crippen LogP contribution is -1.96. The van der Waals surface area contributed by atoms with E-state index in [1.807, 2.05) is 0 Å². The quantitative estimate of drug-likeness (QED) is 0.930. The van der Waals surface area contributed by atoms with Gasteiger partial charge in [0.2, 0.25) is 0 Å². The number of aromatic nitrogens is 1. The summed E-state index contributed by atoms with van der Waals surface area (Å²) in [6.07, 6.45) is 0. The van der Waals surface area contributed by atoms with Gasteiger partial charge in [-0.05, 0) is 18.2 Å². The zero-order valence-electron chi connectivity index (χ0n) is 8.81. The molecular formula is C11H8ClNO3S. The van der Waals surface area contributed by atoms with E-state index in [9.17, 15) is 4.79 Å². The van der Waals surface area contributed by atoms with Crippen molar-refractivity contribution in [3.8, 4) is 17.0 Å². The minimum atomic E-state index is -1.01. The normalized spacial score (nSPS) is 10.2. The molecule has 1 heterocycles. The Kier molecular flexibility index (Phi) is 3.31. The molecule has 0 spiro atoms. The monoisotopic (exact) mass is 269 g/mol. The van der Waals surface area contributed by atoms with Gasteiger partial charge < -0.3 is 9.84 Å². The topological polar surface area (TPSA) is 59.4 Å². The minimum absolute atomic E-state index is 0.178. The van der Waals surface area contributed by atoms with E-state index in [0.29, 0.717) is 22.0 Å². The second-order valence-corrected chi connectivity index (χ2v) is 4.44. The lowest BCUT2D eigenvalue weighted by Gasteiger charge is -2.05. The summed E-state index contributed by atoms with van der Waals surface area (Å²) in [7, 11) is 1.54. The van der Waals surface area contributed by atoms with Crippen LogP contribution in [0.15, 0.2) is 23.7 Å². The third-order valence-electron chi connectivity index (χ3n) is 2.19. The van der Waals surface area contributed by atoms with Gasteiger partial charge in [-0.1, -0.05) is 11.6 Å². The molecule has 1 N–H and O–H groups in total. The van der Waals surface area contributed by atoms with Crippen molar-refractivity contribution in [3.63, 3.8) is 0 Å². The summed E-state index contributed by atoms with van der Waals surface area (Å²) >= 11 is 7.14. The molecule has 0 saturated heterocycles. The highest BCUT2D eigenvalue weighted by molar-refractivity contribution is 7.12. The van der Waals surface area contributed by atoms with E-state index >= 15 is 0 Å². The first-order valence-corrected chi connectivity index (χ1v) is 5.90. The molecule has 0 aliphatic carbocycles. The Labute approximate surface area is 106 Å². The number of carbonyl (C=O) groups is 1. The van der Waals surface area contributed by atoms with Crippen molar-refractivity contribution >= 4 is 28.9 Å². The molecule has 0 bridgehead atoms. The number of carboxylic acids is 1. The van der Waals surface area contributed by atoms with Crippen LogP contribution in [0.25, 0.3) is 11.3 Å². The van der Waals surface area contributed by atoms with E-state index in [4.69, 9.17) is 21.4 Å². The van der Waals surface area contributed by atoms with Crippen molar-refractivity contribution in [2.24, 2.45) is 0 Å². The number of carboxylic acid groups (broad SMARTS) is 1. The van der Waals surface area contributed by atoms with Crippen LogP contribution in [0.3, 0.4) is 0 Å². The number of aromatic carboxylic acids is 1. The maximum absolute atomic E-state index is 11.0. The number of rotatable bonds is 3. The molecule has 4 nitrogen and oxygen atoms in total. The van der Waals surface area contributed by atoms with E-state index in [1.54, 1.807) is 18.2 Å². The van der Waals surface area contributed by atoms with Crippen LogP contribution < -0.4 is 4.74 Å². The summed E-state index contributed by atoms with van der Waals surface area (Å²) in [4.78, 5) is 15.2. The second-order valence-electron chi connectivity index (χ2n) is 3.18. The van der Waals surface area contributed by atoms with E-state index in [-0.39, 0.29) is 4.88 Å². The molecule has 2 rings (SSSR count). The van der Waals surface area contributed by atoms with Gasteiger partial charge in [0.25, 0.3) is 0 Å². The smallest absolute Gasteiger partial charge is 0.348 e. The molecule has 0 aliphatic rings. The molecule has 0 amide bonds. The maximum atomic E-state index is 11.0. The molecule has 17 heavy (non-hydrogen) atoms. The third kappa shape index (κ3) is 2.25. The van der Waals surface area contributed by atoms with Gasteiger partial charge in [0.1, 0.15) is 10.6 Å². The van der Waals surface area contributed by atoms with Crippen LogP contribution in [-0.2, 0) is 0 Å². The van der Waals surface area contributed by atoms with Crippen LogP contribution in [0, 0.1) is 0 Å². The van der Waals surface area contributed by atoms with Gasteiger partial charge in [-0.15, -0.1) is 11.3 Å². The fourth-order valence-electron chi connectivity index (χ4n) is 1.40. The summed E-state index contributed by atoms with van der Waals surface area (Å²) in [5.74, 6) is -0.389. The Hall–Kier alpha value is -1.59. The largest absolute Gasteiger partial charge is 0.497 e. The molecule has 1 aromatic heterocycles. The lowest BCUT2D eigenvalue weighted by atomic mass is 10.1. The van der Waals surface area contributed by atoms with Gasteiger partial charge in [0, 0.05) is 5.56 Å². The molecule has 0 unspecified atom stereocenters. The highest BCUT2D eigenvalue weighted by Gasteiger charge is 2.17. The number of hydrogen-bond donors (Lipinski definition) is 1. The van der Waals surface area contributed by atoms with Crippen LogP contribution in [0.5, 0.6) is 5.75 Å². The number of hydrogen-bond acceptors (Lipinski definition) is 4. The van der Waals surface area contributed by atoms with Crippen molar-refractivity contribution in [1.29, 1.82) is 0 Å². The molecule has 88 valence electrons. The summed E-state index contributed by atoms with van der Waals surface area (Å²) in [5.41, 5.74) is 2.46. The first-order valence-electron chi connectivity index (χ1n) is 4.64. The Morgan fingerprint density at radius 2 is 2.29 bits per heavy atom. The number of ether oxygens (including phenoxy) is 1. The van der Waals surface area contributed by atoms with Crippen LogP contribution in [0.1, 0.15) is 9.67 Å². The maximum Gasteiger partial charge on any atom is 0.348 e. The highest BCUT2D eigenvalue weighted by atomic mass is 35.5. The number of thiazole rings is 1. The van der Waals surface area contributed by atoms with Crippen LogP contribution in [0.2, 0.25) is 5.02 Å². The summed E-state index contributed by atoms with van der Waals surface area (Å²) in [5, 5.41) is 9.42. The Morgan fingerprint density at radius 3 is 2.88 bits per heavy atom. The first kappa shape index (κ1) is 11.9. The standard InChI is InChI=1S/C11H8ClNO3S/c1-16-6-2-3-7(8(12)4-6)9-10(11(14)15)17-5-13-9/h2-5H,1H3,(H,14,15). The predicted octanol–water partition coefficient (Wildman–Crippen LogP) is 3.17. The van der Waals surface area contributed by atoms with E-state index in [0.717, 1.165) is 11.3 Å². The zero-order valence-corrected chi connectivity index (χ0v) is 10.4. The Morgan fingerprint density at radius 1 is 1.53 bits per heavy atom. The van der Waals surface area contributed by atoms with Crippen LogP contribution in [0.4, 0.5) is 0 Å². The molecular weight excluding hydrogens is 262 g/mol. The Balaban J connectivity index is 2.53. The number of nitrogens with zero attached hydrogens (tertiary/aromatic N) is 1. The van der Waals surface area contributed by atoms with Gasteiger partial charge >= 0.3 is 5.97 Å². The van der Waals surface area contributed by atoms with E-state index in [2.05, 4.69) is 4.98 Å².